The van der Waals surface area contributed by atoms with Crippen LogP contribution < -0.4 is 4.74 Å². The van der Waals surface area contributed by atoms with E-state index in [1.807, 2.05) is 38.2 Å². The molecule has 0 spiro atoms. The van der Waals surface area contributed by atoms with Crippen LogP contribution in [-0.4, -0.2) is 45.7 Å². The van der Waals surface area contributed by atoms with Crippen LogP contribution in [0.2, 0.25) is 0 Å². The summed E-state index contributed by atoms with van der Waals surface area (Å²) in [5.41, 5.74) is 3.86. The van der Waals surface area contributed by atoms with E-state index in [9.17, 15) is 4.79 Å². The predicted octanol–water partition coefficient (Wildman–Crippen LogP) is 3.62. The number of carbonyl (C=O) groups excluding carboxylic acids is 1. The van der Waals surface area contributed by atoms with E-state index in [0.717, 1.165) is 39.4 Å². The molecule has 7 heteroatoms. The van der Waals surface area contributed by atoms with Crippen molar-refractivity contribution >= 4 is 17.2 Å². The van der Waals surface area contributed by atoms with Crippen molar-refractivity contribution in [2.75, 3.05) is 19.7 Å². The van der Waals surface area contributed by atoms with Crippen molar-refractivity contribution in [3.05, 3.63) is 40.5 Å². The van der Waals surface area contributed by atoms with Crippen LogP contribution in [0.25, 0.3) is 22.4 Å². The Balaban J connectivity index is 1.74. The summed E-state index contributed by atoms with van der Waals surface area (Å²) in [5.74, 6) is 0.806. The second-order valence-electron chi connectivity index (χ2n) is 6.06. The molecule has 2 aromatic heterocycles. The van der Waals surface area contributed by atoms with E-state index < -0.39 is 0 Å². The lowest BCUT2D eigenvalue weighted by molar-refractivity contribution is 0.0772. The fourth-order valence-electron chi connectivity index (χ4n) is 3.15. The topological polar surface area (TPSA) is 71.1 Å². The van der Waals surface area contributed by atoms with Gasteiger partial charge < -0.3 is 9.64 Å². The maximum absolute atomic E-state index is 12.7. The van der Waals surface area contributed by atoms with Gasteiger partial charge in [0.2, 0.25) is 0 Å². The molecule has 26 heavy (non-hydrogen) atoms. The van der Waals surface area contributed by atoms with Crippen molar-refractivity contribution in [2.24, 2.45) is 0 Å². The number of thiazole rings is 1. The Kier molecular flexibility index (Phi) is 4.46. The Morgan fingerprint density at radius 1 is 1.31 bits per heavy atom. The highest BCUT2D eigenvalue weighted by Crippen LogP contribution is 2.39. The van der Waals surface area contributed by atoms with E-state index in [2.05, 4.69) is 10.2 Å². The van der Waals surface area contributed by atoms with Crippen molar-refractivity contribution in [1.29, 1.82) is 0 Å². The van der Waals surface area contributed by atoms with Gasteiger partial charge in [-0.05, 0) is 31.5 Å². The van der Waals surface area contributed by atoms with Crippen molar-refractivity contribution in [1.82, 2.24) is 20.1 Å². The Bertz CT molecular complexity index is 929. The zero-order valence-electron chi connectivity index (χ0n) is 14.8. The first-order chi connectivity index (χ1) is 12.7. The first kappa shape index (κ1) is 16.8. The minimum Gasteiger partial charge on any atom is -0.492 e. The molecule has 0 radical (unpaired) electrons. The van der Waals surface area contributed by atoms with Crippen molar-refractivity contribution in [2.45, 2.75) is 20.3 Å². The number of rotatable bonds is 4. The maximum atomic E-state index is 12.7. The number of hydrogen-bond acceptors (Lipinski definition) is 5. The molecule has 4 rings (SSSR count). The van der Waals surface area contributed by atoms with Crippen LogP contribution >= 0.6 is 11.3 Å². The van der Waals surface area contributed by atoms with E-state index in [0.29, 0.717) is 24.7 Å². The molecule has 3 aromatic rings. The number of aromatic amines is 1. The summed E-state index contributed by atoms with van der Waals surface area (Å²) in [4.78, 5) is 20.3. The average Bonchev–Trinajstić information content (AvgIpc) is 3.30. The Morgan fingerprint density at radius 2 is 2.15 bits per heavy atom. The van der Waals surface area contributed by atoms with E-state index in [1.165, 1.54) is 11.3 Å². The summed E-state index contributed by atoms with van der Waals surface area (Å²) >= 11 is 1.48. The summed E-state index contributed by atoms with van der Waals surface area (Å²) in [7, 11) is 0. The van der Waals surface area contributed by atoms with Gasteiger partial charge in [-0.15, -0.1) is 11.3 Å². The number of benzene rings is 1. The third-order valence-corrected chi connectivity index (χ3v) is 5.69. The minimum absolute atomic E-state index is 0.00515. The molecule has 1 N–H and O–H groups in total. The molecule has 3 heterocycles. The molecule has 0 atom stereocenters. The Hall–Kier alpha value is -2.67. The normalized spacial score (nSPS) is 12.7. The van der Waals surface area contributed by atoms with Gasteiger partial charge in [0.05, 0.1) is 18.5 Å². The molecular formula is C19H20N4O2S. The van der Waals surface area contributed by atoms with E-state index in [4.69, 9.17) is 9.72 Å². The summed E-state index contributed by atoms with van der Waals surface area (Å²) in [6, 6.07) is 6.07. The van der Waals surface area contributed by atoms with E-state index >= 15 is 0 Å². The van der Waals surface area contributed by atoms with E-state index in [1.54, 1.807) is 11.1 Å². The Morgan fingerprint density at radius 3 is 2.88 bits per heavy atom. The van der Waals surface area contributed by atoms with Crippen LogP contribution in [0.4, 0.5) is 0 Å². The van der Waals surface area contributed by atoms with Gasteiger partial charge in [-0.3, -0.25) is 9.89 Å². The van der Waals surface area contributed by atoms with E-state index in [-0.39, 0.29) is 5.91 Å². The van der Waals surface area contributed by atoms with Crippen LogP contribution in [0.15, 0.2) is 30.6 Å². The summed E-state index contributed by atoms with van der Waals surface area (Å²) in [5, 5.41) is 7.39. The van der Waals surface area contributed by atoms with Crippen LogP contribution in [0, 0.1) is 0 Å². The summed E-state index contributed by atoms with van der Waals surface area (Å²) in [6.07, 6.45) is 4.40. The number of nitrogens with zero attached hydrogens (tertiary/aromatic N) is 3. The highest BCUT2D eigenvalue weighted by atomic mass is 32.1. The number of hydrogen-bond donors (Lipinski definition) is 1. The largest absolute Gasteiger partial charge is 0.492 e. The molecule has 1 aromatic carbocycles. The van der Waals surface area contributed by atoms with Crippen LogP contribution in [-0.2, 0) is 6.42 Å². The highest BCUT2D eigenvalue weighted by Gasteiger charge is 2.25. The maximum Gasteiger partial charge on any atom is 0.282 e. The predicted molar refractivity (Wildman–Crippen MR) is 102 cm³/mol. The molecule has 0 fully saturated rings. The van der Waals surface area contributed by atoms with Crippen LogP contribution in [0.5, 0.6) is 5.75 Å². The highest BCUT2D eigenvalue weighted by molar-refractivity contribution is 7.14. The van der Waals surface area contributed by atoms with Gasteiger partial charge in [-0.25, -0.2) is 4.98 Å². The van der Waals surface area contributed by atoms with Gasteiger partial charge in [0.25, 0.3) is 5.91 Å². The number of H-pyrrole nitrogens is 1. The quantitative estimate of drug-likeness (QED) is 0.763. The number of aromatic nitrogens is 3. The SMILES string of the molecule is CCN(CC)C(=O)c1nc2c(s1)CCOc1cc(-c3cn[nH]c3)ccc1-2. The lowest BCUT2D eigenvalue weighted by atomic mass is 10.0. The molecule has 0 saturated heterocycles. The zero-order valence-corrected chi connectivity index (χ0v) is 15.6. The molecule has 0 aliphatic carbocycles. The molecule has 1 aliphatic heterocycles. The number of carbonyl (C=O) groups is 1. The molecule has 1 aliphatic rings. The second kappa shape index (κ2) is 6.92. The van der Waals surface area contributed by atoms with Gasteiger partial charge in [-0.2, -0.15) is 5.10 Å². The van der Waals surface area contributed by atoms with Gasteiger partial charge in [0.15, 0.2) is 5.01 Å². The smallest absolute Gasteiger partial charge is 0.282 e. The molecular weight excluding hydrogens is 348 g/mol. The van der Waals surface area contributed by atoms with Gasteiger partial charge in [-0.1, -0.05) is 6.07 Å². The van der Waals surface area contributed by atoms with Crippen molar-refractivity contribution in [3.8, 4) is 28.1 Å². The number of nitrogens with one attached hydrogen (secondary N) is 1. The molecule has 0 unspecified atom stereocenters. The third kappa shape index (κ3) is 2.88. The molecule has 0 saturated carbocycles. The number of fused-ring (bicyclic) bond motifs is 3. The van der Waals surface area contributed by atoms with Crippen molar-refractivity contribution < 1.29 is 9.53 Å². The van der Waals surface area contributed by atoms with Gasteiger partial charge in [0, 0.05) is 41.7 Å². The van der Waals surface area contributed by atoms with Crippen molar-refractivity contribution in [3.63, 3.8) is 0 Å². The monoisotopic (exact) mass is 368 g/mol. The molecule has 134 valence electrons. The van der Waals surface area contributed by atoms with Gasteiger partial charge in [0.1, 0.15) is 5.75 Å². The number of amides is 1. The lowest BCUT2D eigenvalue weighted by Gasteiger charge is -2.16. The lowest BCUT2D eigenvalue weighted by Crippen LogP contribution is -2.30. The standard InChI is InChI=1S/C19H20N4O2S/c1-3-23(4-2)19(24)18-22-17-14-6-5-12(13-10-20-21-11-13)9-15(14)25-8-7-16(17)26-18/h5-6,9-11H,3-4,7-8H2,1-2H3,(H,20,21). The van der Waals surface area contributed by atoms with Crippen LogP contribution in [0.1, 0.15) is 28.5 Å². The fraction of sp³-hybridized carbons (Fsp3) is 0.316. The first-order valence-electron chi connectivity index (χ1n) is 8.76. The van der Waals surface area contributed by atoms with Gasteiger partial charge >= 0.3 is 0 Å². The molecule has 0 bridgehead atoms. The number of ether oxygens (including phenoxy) is 1. The minimum atomic E-state index is 0.00515. The Labute approximate surface area is 155 Å². The molecule has 1 amide bonds. The average molecular weight is 368 g/mol. The first-order valence-corrected chi connectivity index (χ1v) is 9.58. The molecule has 6 nitrogen and oxygen atoms in total. The fourth-order valence-corrected chi connectivity index (χ4v) is 4.17. The zero-order chi connectivity index (χ0) is 18.1. The third-order valence-electron chi connectivity index (χ3n) is 4.59. The summed E-state index contributed by atoms with van der Waals surface area (Å²) < 4.78 is 5.96. The van der Waals surface area contributed by atoms with Crippen LogP contribution in [0.3, 0.4) is 0 Å². The summed E-state index contributed by atoms with van der Waals surface area (Å²) in [6.45, 7) is 5.93. The second-order valence-corrected chi connectivity index (χ2v) is 7.15.